The van der Waals surface area contributed by atoms with E-state index in [-0.39, 0.29) is 19.1 Å². The van der Waals surface area contributed by atoms with E-state index in [1.165, 1.54) is 0 Å². The number of amides is 1. The first-order valence-electron chi connectivity index (χ1n) is 9.52. The van der Waals surface area contributed by atoms with E-state index < -0.39 is 5.97 Å². The van der Waals surface area contributed by atoms with Crippen molar-refractivity contribution in [3.8, 4) is 5.75 Å². The van der Waals surface area contributed by atoms with Gasteiger partial charge in [0, 0.05) is 23.1 Å². The highest BCUT2D eigenvalue weighted by Crippen LogP contribution is 2.28. The molecule has 0 aliphatic carbocycles. The zero-order valence-electron chi connectivity index (χ0n) is 16.8. The number of hydrogen-bond acceptors (Lipinski definition) is 5. The van der Waals surface area contributed by atoms with Crippen LogP contribution in [-0.2, 0) is 16.1 Å². The van der Waals surface area contributed by atoms with Crippen LogP contribution in [0.5, 0.6) is 5.75 Å². The molecule has 8 heteroatoms. The first kappa shape index (κ1) is 22.6. The zero-order chi connectivity index (χ0) is 22.2. The normalized spacial score (nSPS) is 10.4. The van der Waals surface area contributed by atoms with Gasteiger partial charge in [0.05, 0.1) is 23.7 Å². The Morgan fingerprint density at radius 2 is 1.71 bits per heavy atom. The van der Waals surface area contributed by atoms with Gasteiger partial charge in [-0.1, -0.05) is 23.2 Å². The largest absolute Gasteiger partial charge is 0.482 e. The number of halogens is 2. The summed E-state index contributed by atoms with van der Waals surface area (Å²) in [4.78, 5) is 30.5. The molecule has 1 amide bonds. The predicted octanol–water partition coefficient (Wildman–Crippen LogP) is 5.18. The van der Waals surface area contributed by atoms with Gasteiger partial charge in [-0.05, 0) is 67.1 Å². The molecule has 0 saturated heterocycles. The van der Waals surface area contributed by atoms with Crippen LogP contribution in [0.3, 0.4) is 0 Å². The molecule has 0 aliphatic rings. The molecule has 0 fully saturated rings. The fraction of sp³-hybridized carbons (Fsp3) is 0.174. The van der Waals surface area contributed by atoms with Crippen molar-refractivity contribution in [1.29, 1.82) is 0 Å². The lowest BCUT2D eigenvalue weighted by Crippen LogP contribution is -2.34. The van der Waals surface area contributed by atoms with Gasteiger partial charge in [-0.2, -0.15) is 0 Å². The highest BCUT2D eigenvalue weighted by Gasteiger charge is 2.19. The van der Waals surface area contributed by atoms with Gasteiger partial charge in [0.1, 0.15) is 5.75 Å². The van der Waals surface area contributed by atoms with E-state index in [9.17, 15) is 9.59 Å². The van der Waals surface area contributed by atoms with E-state index in [1.807, 2.05) is 12.1 Å². The summed E-state index contributed by atoms with van der Waals surface area (Å²) in [5.74, 6) is -0.338. The van der Waals surface area contributed by atoms with Crippen molar-refractivity contribution in [2.45, 2.75) is 13.5 Å². The molecule has 0 unspecified atom stereocenters. The molecule has 0 saturated carbocycles. The van der Waals surface area contributed by atoms with Crippen molar-refractivity contribution in [3.63, 3.8) is 0 Å². The van der Waals surface area contributed by atoms with Crippen molar-refractivity contribution in [2.24, 2.45) is 0 Å². The van der Waals surface area contributed by atoms with E-state index in [0.717, 1.165) is 5.56 Å². The standard InChI is InChI=1S/C23H20Cl2N2O4/c1-2-30-23(29)17-3-6-19(7-4-17)27(14-16-9-11-26-12-10-16)22(28)15-31-21-8-5-18(24)13-20(21)25/h3-13H,2,14-15H2,1H3. The van der Waals surface area contributed by atoms with E-state index in [2.05, 4.69) is 4.98 Å². The number of benzene rings is 2. The number of esters is 1. The minimum absolute atomic E-state index is 0.230. The summed E-state index contributed by atoms with van der Waals surface area (Å²) in [6.45, 7) is 2.11. The van der Waals surface area contributed by atoms with Gasteiger partial charge in [-0.3, -0.25) is 9.78 Å². The van der Waals surface area contributed by atoms with Gasteiger partial charge in [0.15, 0.2) is 6.61 Å². The van der Waals surface area contributed by atoms with Crippen LogP contribution in [0, 0.1) is 0 Å². The number of nitrogens with zero attached hydrogens (tertiary/aromatic N) is 2. The van der Waals surface area contributed by atoms with Crippen LogP contribution in [0.2, 0.25) is 10.0 Å². The second kappa shape index (κ2) is 10.8. The summed E-state index contributed by atoms with van der Waals surface area (Å²) in [7, 11) is 0. The molecule has 0 bridgehead atoms. The van der Waals surface area contributed by atoms with Gasteiger partial charge in [-0.25, -0.2) is 4.79 Å². The molecule has 0 spiro atoms. The molecule has 0 atom stereocenters. The average Bonchev–Trinajstić information content (AvgIpc) is 2.78. The Hall–Kier alpha value is -3.09. The Labute approximate surface area is 190 Å². The van der Waals surface area contributed by atoms with Crippen LogP contribution in [0.1, 0.15) is 22.8 Å². The van der Waals surface area contributed by atoms with Crippen LogP contribution in [0.25, 0.3) is 0 Å². The number of aromatic nitrogens is 1. The molecule has 1 aromatic heterocycles. The topological polar surface area (TPSA) is 68.7 Å². The van der Waals surface area contributed by atoms with Crippen LogP contribution in [-0.4, -0.2) is 30.1 Å². The molecule has 1 heterocycles. The molecule has 160 valence electrons. The maximum absolute atomic E-state index is 13.0. The van der Waals surface area contributed by atoms with Crippen molar-refractivity contribution in [3.05, 3.63) is 88.2 Å². The number of carbonyl (C=O) groups is 2. The first-order valence-corrected chi connectivity index (χ1v) is 10.3. The monoisotopic (exact) mass is 458 g/mol. The fourth-order valence-corrected chi connectivity index (χ4v) is 3.26. The van der Waals surface area contributed by atoms with E-state index in [4.69, 9.17) is 32.7 Å². The summed E-state index contributed by atoms with van der Waals surface area (Å²) in [5.41, 5.74) is 1.91. The highest BCUT2D eigenvalue weighted by atomic mass is 35.5. The van der Waals surface area contributed by atoms with Gasteiger partial charge in [0.2, 0.25) is 0 Å². The van der Waals surface area contributed by atoms with Gasteiger partial charge in [-0.15, -0.1) is 0 Å². The molecule has 2 aromatic carbocycles. The molecule has 3 aromatic rings. The SMILES string of the molecule is CCOC(=O)c1ccc(N(Cc2ccncc2)C(=O)COc2ccc(Cl)cc2Cl)cc1. The van der Waals surface area contributed by atoms with E-state index in [0.29, 0.717) is 33.6 Å². The Kier molecular flexibility index (Phi) is 7.87. The third kappa shape index (κ3) is 6.20. The Morgan fingerprint density at radius 1 is 1.00 bits per heavy atom. The van der Waals surface area contributed by atoms with Crippen molar-refractivity contribution in [1.82, 2.24) is 4.98 Å². The minimum Gasteiger partial charge on any atom is -0.482 e. The van der Waals surface area contributed by atoms with Crippen LogP contribution >= 0.6 is 23.2 Å². The number of hydrogen-bond donors (Lipinski definition) is 0. The lowest BCUT2D eigenvalue weighted by Gasteiger charge is -2.23. The van der Waals surface area contributed by atoms with Crippen LogP contribution in [0.15, 0.2) is 67.0 Å². The maximum atomic E-state index is 13.0. The third-order valence-electron chi connectivity index (χ3n) is 4.33. The molecule has 31 heavy (non-hydrogen) atoms. The van der Waals surface area contributed by atoms with Crippen molar-refractivity contribution < 1.29 is 19.1 Å². The smallest absolute Gasteiger partial charge is 0.338 e. The number of rotatable bonds is 8. The number of ether oxygens (including phenoxy) is 2. The number of anilines is 1. The van der Waals surface area contributed by atoms with Crippen molar-refractivity contribution >= 4 is 40.8 Å². The minimum atomic E-state index is -0.415. The van der Waals surface area contributed by atoms with Gasteiger partial charge < -0.3 is 14.4 Å². The molecular formula is C23H20Cl2N2O4. The Balaban J connectivity index is 1.80. The Bertz CT molecular complexity index is 1040. The lowest BCUT2D eigenvalue weighted by molar-refractivity contribution is -0.120. The van der Waals surface area contributed by atoms with Gasteiger partial charge in [0.25, 0.3) is 5.91 Å². The maximum Gasteiger partial charge on any atom is 0.338 e. The lowest BCUT2D eigenvalue weighted by atomic mass is 10.1. The zero-order valence-corrected chi connectivity index (χ0v) is 18.3. The van der Waals surface area contributed by atoms with Crippen LogP contribution < -0.4 is 9.64 Å². The molecule has 0 N–H and O–H groups in total. The van der Waals surface area contributed by atoms with Crippen LogP contribution in [0.4, 0.5) is 5.69 Å². The summed E-state index contributed by atoms with van der Waals surface area (Å²) in [6.07, 6.45) is 3.32. The van der Waals surface area contributed by atoms with Gasteiger partial charge >= 0.3 is 5.97 Å². The quantitative estimate of drug-likeness (QED) is 0.435. The molecule has 0 radical (unpaired) electrons. The number of pyridine rings is 1. The summed E-state index contributed by atoms with van der Waals surface area (Å²) in [6, 6.07) is 15.1. The fourth-order valence-electron chi connectivity index (χ4n) is 2.80. The summed E-state index contributed by atoms with van der Waals surface area (Å²) in [5, 5.41) is 0.796. The summed E-state index contributed by atoms with van der Waals surface area (Å²) < 4.78 is 10.6. The van der Waals surface area contributed by atoms with E-state index in [1.54, 1.807) is 66.7 Å². The third-order valence-corrected chi connectivity index (χ3v) is 4.86. The Morgan fingerprint density at radius 3 is 2.35 bits per heavy atom. The predicted molar refractivity (Wildman–Crippen MR) is 120 cm³/mol. The average molecular weight is 459 g/mol. The first-order chi connectivity index (χ1) is 15.0. The highest BCUT2D eigenvalue weighted by molar-refractivity contribution is 6.35. The van der Waals surface area contributed by atoms with E-state index >= 15 is 0 Å². The van der Waals surface area contributed by atoms with Crippen molar-refractivity contribution in [2.75, 3.05) is 18.1 Å². The molecular weight excluding hydrogens is 439 g/mol. The summed E-state index contributed by atoms with van der Waals surface area (Å²) >= 11 is 12.0. The second-order valence-electron chi connectivity index (χ2n) is 6.47. The number of carbonyl (C=O) groups excluding carboxylic acids is 2. The molecule has 3 rings (SSSR count). The molecule has 0 aliphatic heterocycles. The second-order valence-corrected chi connectivity index (χ2v) is 7.31. The molecule has 6 nitrogen and oxygen atoms in total.